The van der Waals surface area contributed by atoms with Crippen LogP contribution in [0.4, 0.5) is 10.5 Å². The highest BCUT2D eigenvalue weighted by atomic mass is 16.4. The van der Waals surface area contributed by atoms with Gasteiger partial charge in [-0.05, 0) is 36.5 Å². The number of anilines is 1. The predicted molar refractivity (Wildman–Crippen MR) is 96.8 cm³/mol. The lowest BCUT2D eigenvalue weighted by Crippen LogP contribution is -2.49. The fraction of sp³-hybridized carbons (Fsp3) is 0.300. The summed E-state index contributed by atoms with van der Waals surface area (Å²) in [5.74, 6) is -1.03. The van der Waals surface area contributed by atoms with Gasteiger partial charge in [-0.15, -0.1) is 0 Å². The molecular formula is C20H22N2O3. The molecule has 1 atom stereocenters. The molecule has 1 aliphatic rings. The van der Waals surface area contributed by atoms with E-state index in [2.05, 4.69) is 5.32 Å². The number of fused-ring (bicyclic) bond motifs is 1. The minimum atomic E-state index is -1.03. The van der Waals surface area contributed by atoms with Gasteiger partial charge < -0.3 is 10.4 Å². The number of amides is 2. The second-order valence-corrected chi connectivity index (χ2v) is 6.27. The Kier molecular flexibility index (Phi) is 5.33. The monoisotopic (exact) mass is 338 g/mol. The van der Waals surface area contributed by atoms with Gasteiger partial charge in [0.25, 0.3) is 0 Å². The van der Waals surface area contributed by atoms with Crippen molar-refractivity contribution in [1.82, 2.24) is 5.32 Å². The SMILES string of the molecule is O=C(O)C(Cc1ccccc1)NC(=O)N1CCCCc2ccccc21. The minimum Gasteiger partial charge on any atom is -0.480 e. The molecule has 5 nitrogen and oxygen atoms in total. The molecule has 0 aliphatic carbocycles. The smallest absolute Gasteiger partial charge is 0.326 e. The zero-order chi connectivity index (χ0) is 17.6. The number of nitrogens with zero attached hydrogens (tertiary/aromatic N) is 1. The summed E-state index contributed by atoms with van der Waals surface area (Å²) in [4.78, 5) is 26.0. The number of nitrogens with one attached hydrogen (secondary N) is 1. The Balaban J connectivity index is 1.76. The van der Waals surface area contributed by atoms with Crippen molar-refractivity contribution in [3.63, 3.8) is 0 Å². The first-order chi connectivity index (χ1) is 12.1. The lowest BCUT2D eigenvalue weighted by Gasteiger charge is -2.25. The number of benzene rings is 2. The molecule has 1 heterocycles. The maximum Gasteiger partial charge on any atom is 0.326 e. The first kappa shape index (κ1) is 17.0. The largest absolute Gasteiger partial charge is 0.480 e. The number of urea groups is 1. The summed E-state index contributed by atoms with van der Waals surface area (Å²) in [5.41, 5.74) is 2.89. The van der Waals surface area contributed by atoms with Gasteiger partial charge in [0.15, 0.2) is 0 Å². The number of carboxylic acids is 1. The van der Waals surface area contributed by atoms with Crippen LogP contribution in [-0.2, 0) is 17.6 Å². The Labute approximate surface area is 147 Å². The molecule has 0 saturated carbocycles. The molecule has 2 amide bonds. The van der Waals surface area contributed by atoms with E-state index in [1.165, 1.54) is 0 Å². The van der Waals surface area contributed by atoms with E-state index >= 15 is 0 Å². The average molecular weight is 338 g/mol. The van der Waals surface area contributed by atoms with Crippen molar-refractivity contribution >= 4 is 17.7 Å². The number of carboxylic acid groups (broad SMARTS) is 1. The van der Waals surface area contributed by atoms with Crippen LogP contribution in [0.5, 0.6) is 0 Å². The molecule has 5 heteroatoms. The molecule has 0 spiro atoms. The van der Waals surface area contributed by atoms with E-state index in [1.54, 1.807) is 4.90 Å². The van der Waals surface area contributed by atoms with E-state index in [1.807, 2.05) is 54.6 Å². The molecule has 3 rings (SSSR count). The highest BCUT2D eigenvalue weighted by molar-refractivity contribution is 5.95. The molecule has 0 fully saturated rings. The van der Waals surface area contributed by atoms with Crippen LogP contribution in [0.3, 0.4) is 0 Å². The third kappa shape index (κ3) is 4.18. The third-order valence-corrected chi connectivity index (χ3v) is 4.48. The van der Waals surface area contributed by atoms with Crippen LogP contribution in [0.2, 0.25) is 0 Å². The first-order valence-electron chi connectivity index (χ1n) is 8.58. The van der Waals surface area contributed by atoms with Crippen LogP contribution in [-0.4, -0.2) is 29.7 Å². The lowest BCUT2D eigenvalue weighted by atomic mass is 10.1. The number of carbonyl (C=O) groups excluding carboxylic acids is 1. The molecular weight excluding hydrogens is 316 g/mol. The van der Waals surface area contributed by atoms with Crippen molar-refractivity contribution in [3.8, 4) is 0 Å². The van der Waals surface area contributed by atoms with E-state index < -0.39 is 12.0 Å². The molecule has 1 unspecified atom stereocenters. The van der Waals surface area contributed by atoms with E-state index in [-0.39, 0.29) is 12.5 Å². The Bertz CT molecular complexity index is 746. The van der Waals surface area contributed by atoms with Gasteiger partial charge >= 0.3 is 12.0 Å². The van der Waals surface area contributed by atoms with E-state index in [0.29, 0.717) is 6.54 Å². The fourth-order valence-corrected chi connectivity index (χ4v) is 3.18. The van der Waals surface area contributed by atoms with Crippen molar-refractivity contribution in [1.29, 1.82) is 0 Å². The second-order valence-electron chi connectivity index (χ2n) is 6.27. The fourth-order valence-electron chi connectivity index (χ4n) is 3.18. The van der Waals surface area contributed by atoms with E-state index in [9.17, 15) is 14.7 Å². The maximum absolute atomic E-state index is 12.8. The quantitative estimate of drug-likeness (QED) is 0.899. The summed E-state index contributed by atoms with van der Waals surface area (Å²) in [5, 5.41) is 12.2. The number of carbonyl (C=O) groups is 2. The normalized spacial score (nSPS) is 15.0. The number of hydrogen-bond donors (Lipinski definition) is 2. The van der Waals surface area contributed by atoms with Crippen LogP contribution >= 0.6 is 0 Å². The van der Waals surface area contributed by atoms with Crippen molar-refractivity contribution in [2.24, 2.45) is 0 Å². The van der Waals surface area contributed by atoms with Gasteiger partial charge in [-0.25, -0.2) is 9.59 Å². The van der Waals surface area contributed by atoms with Gasteiger partial charge in [-0.3, -0.25) is 4.90 Å². The first-order valence-corrected chi connectivity index (χ1v) is 8.58. The van der Waals surface area contributed by atoms with Crippen molar-refractivity contribution in [3.05, 3.63) is 65.7 Å². The lowest BCUT2D eigenvalue weighted by molar-refractivity contribution is -0.139. The summed E-state index contributed by atoms with van der Waals surface area (Å²) in [6.07, 6.45) is 3.12. The maximum atomic E-state index is 12.8. The molecule has 130 valence electrons. The number of rotatable bonds is 4. The molecule has 25 heavy (non-hydrogen) atoms. The molecule has 1 aliphatic heterocycles. The number of hydrogen-bond acceptors (Lipinski definition) is 2. The summed E-state index contributed by atoms with van der Waals surface area (Å²) in [6.45, 7) is 0.598. The Morgan fingerprint density at radius 2 is 1.76 bits per heavy atom. The van der Waals surface area contributed by atoms with Crippen LogP contribution in [0, 0.1) is 0 Å². The van der Waals surface area contributed by atoms with Crippen LogP contribution < -0.4 is 10.2 Å². The average Bonchev–Trinajstić information content (AvgIpc) is 2.84. The Morgan fingerprint density at radius 1 is 1.04 bits per heavy atom. The number of aliphatic carboxylic acids is 1. The minimum absolute atomic E-state index is 0.261. The highest BCUT2D eigenvalue weighted by Gasteiger charge is 2.26. The van der Waals surface area contributed by atoms with Gasteiger partial charge in [0.1, 0.15) is 6.04 Å². The summed E-state index contributed by atoms with van der Waals surface area (Å²) in [6, 6.07) is 15.9. The molecule has 2 aromatic carbocycles. The van der Waals surface area contributed by atoms with Gasteiger partial charge in [-0.1, -0.05) is 48.5 Å². The summed E-state index contributed by atoms with van der Waals surface area (Å²) >= 11 is 0. The molecule has 2 N–H and O–H groups in total. The van der Waals surface area contributed by atoms with Gasteiger partial charge in [0, 0.05) is 18.7 Å². The molecule has 0 aromatic heterocycles. The van der Waals surface area contributed by atoms with Gasteiger partial charge in [-0.2, -0.15) is 0 Å². The predicted octanol–water partition coefficient (Wildman–Crippen LogP) is 3.23. The standard InChI is InChI=1S/C20H22N2O3/c23-19(24)17(14-15-8-2-1-3-9-15)21-20(25)22-13-7-6-11-16-10-4-5-12-18(16)22/h1-5,8-10,12,17H,6-7,11,13-14H2,(H,21,25)(H,23,24). The molecule has 0 saturated heterocycles. The number of para-hydroxylation sites is 1. The number of aryl methyl sites for hydroxylation is 1. The van der Waals surface area contributed by atoms with E-state index in [0.717, 1.165) is 36.1 Å². The van der Waals surface area contributed by atoms with Crippen LogP contribution in [0.15, 0.2) is 54.6 Å². The Morgan fingerprint density at radius 3 is 2.52 bits per heavy atom. The van der Waals surface area contributed by atoms with Gasteiger partial charge in [0.2, 0.25) is 0 Å². The highest BCUT2D eigenvalue weighted by Crippen LogP contribution is 2.26. The van der Waals surface area contributed by atoms with E-state index in [4.69, 9.17) is 0 Å². The van der Waals surface area contributed by atoms with Crippen molar-refractivity contribution < 1.29 is 14.7 Å². The zero-order valence-corrected chi connectivity index (χ0v) is 14.0. The van der Waals surface area contributed by atoms with Crippen LogP contribution in [0.25, 0.3) is 0 Å². The molecule has 0 radical (unpaired) electrons. The third-order valence-electron chi connectivity index (χ3n) is 4.48. The molecule has 2 aromatic rings. The second kappa shape index (κ2) is 7.83. The van der Waals surface area contributed by atoms with Crippen molar-refractivity contribution in [2.45, 2.75) is 31.7 Å². The molecule has 0 bridgehead atoms. The summed E-state index contributed by atoms with van der Waals surface area (Å²) < 4.78 is 0. The zero-order valence-electron chi connectivity index (χ0n) is 14.0. The topological polar surface area (TPSA) is 69.6 Å². The van der Waals surface area contributed by atoms with Crippen LogP contribution in [0.1, 0.15) is 24.0 Å². The van der Waals surface area contributed by atoms with Gasteiger partial charge in [0.05, 0.1) is 0 Å². The summed E-state index contributed by atoms with van der Waals surface area (Å²) in [7, 11) is 0. The Hall–Kier alpha value is -2.82. The van der Waals surface area contributed by atoms with Crippen molar-refractivity contribution in [2.75, 3.05) is 11.4 Å².